The van der Waals surface area contributed by atoms with Crippen LogP contribution in [0.5, 0.6) is 5.75 Å². The largest absolute Gasteiger partial charge is 0.417 e. The predicted molar refractivity (Wildman–Crippen MR) is 49.8 cm³/mol. The summed E-state index contributed by atoms with van der Waals surface area (Å²) in [6, 6.07) is 0. The Morgan fingerprint density at radius 1 is 1.12 bits per heavy atom. The number of hydrogen-bond donors (Lipinski definition) is 0. The van der Waals surface area contributed by atoms with E-state index >= 15 is 0 Å². The van der Waals surface area contributed by atoms with Gasteiger partial charge >= 0.3 is 5.97 Å². The molecule has 0 atom stereocenters. The fraction of sp³-hybridized carbons (Fsp3) is 0. The molecule has 0 spiro atoms. The lowest BCUT2D eigenvalue weighted by atomic mass is 10.3. The summed E-state index contributed by atoms with van der Waals surface area (Å²) in [6.07, 6.45) is 0.594. The molecule has 0 amide bonds. The molecule has 0 heterocycles. The van der Waals surface area contributed by atoms with Gasteiger partial charge in [-0.15, -0.1) is 0 Å². The first-order valence-electron chi connectivity index (χ1n) is 3.75. The van der Waals surface area contributed by atoms with Gasteiger partial charge in [0.2, 0.25) is 17.4 Å². The Morgan fingerprint density at radius 2 is 1.56 bits per heavy atom. The number of rotatable bonds is 2. The van der Waals surface area contributed by atoms with Crippen LogP contribution >= 0.6 is 15.9 Å². The van der Waals surface area contributed by atoms with Crippen LogP contribution in [0.3, 0.4) is 0 Å². The number of halogens is 5. The highest BCUT2D eigenvalue weighted by Crippen LogP contribution is 2.32. The second-order valence-electron chi connectivity index (χ2n) is 2.52. The van der Waals surface area contributed by atoms with E-state index in [0.29, 0.717) is 6.08 Å². The van der Waals surface area contributed by atoms with E-state index in [1.807, 2.05) is 0 Å². The molecule has 0 bridgehead atoms. The van der Waals surface area contributed by atoms with Crippen molar-refractivity contribution in [2.24, 2.45) is 0 Å². The molecule has 0 aromatic heterocycles. The van der Waals surface area contributed by atoms with Crippen LogP contribution in [0.1, 0.15) is 0 Å². The summed E-state index contributed by atoms with van der Waals surface area (Å²) >= 11 is 2.31. The van der Waals surface area contributed by atoms with E-state index < -0.39 is 39.5 Å². The van der Waals surface area contributed by atoms with E-state index in [1.165, 1.54) is 0 Å². The maximum Gasteiger partial charge on any atom is 0.335 e. The summed E-state index contributed by atoms with van der Waals surface area (Å²) in [6.45, 7) is 2.96. The van der Waals surface area contributed by atoms with E-state index in [4.69, 9.17) is 0 Å². The first-order valence-corrected chi connectivity index (χ1v) is 4.55. The Labute approximate surface area is 95.6 Å². The minimum absolute atomic E-state index is 0.594. The second kappa shape index (κ2) is 4.65. The summed E-state index contributed by atoms with van der Waals surface area (Å²) < 4.78 is 55.1. The highest BCUT2D eigenvalue weighted by atomic mass is 79.9. The van der Waals surface area contributed by atoms with Crippen molar-refractivity contribution in [3.63, 3.8) is 0 Å². The van der Waals surface area contributed by atoms with Crippen molar-refractivity contribution in [1.29, 1.82) is 0 Å². The first-order chi connectivity index (χ1) is 7.40. The van der Waals surface area contributed by atoms with Gasteiger partial charge in [0.25, 0.3) is 0 Å². The van der Waals surface area contributed by atoms with Gasteiger partial charge in [0.15, 0.2) is 11.6 Å². The molecule has 86 valence electrons. The van der Waals surface area contributed by atoms with Crippen molar-refractivity contribution in [2.45, 2.75) is 0 Å². The van der Waals surface area contributed by atoms with Gasteiger partial charge in [-0.3, -0.25) is 0 Å². The lowest BCUT2D eigenvalue weighted by Crippen LogP contribution is -2.09. The Bertz CT molecular complexity index is 444. The van der Waals surface area contributed by atoms with Crippen LogP contribution in [0, 0.1) is 23.3 Å². The summed E-state index contributed by atoms with van der Waals surface area (Å²) in [5.41, 5.74) is 0. The van der Waals surface area contributed by atoms with Crippen molar-refractivity contribution in [3.8, 4) is 5.75 Å². The molecule has 0 unspecified atom stereocenters. The molecule has 1 aromatic rings. The molecular formula is C9H3BrF4O2. The number of carbonyl (C=O) groups excluding carboxylic acids is 1. The third kappa shape index (κ3) is 2.08. The summed E-state index contributed by atoms with van der Waals surface area (Å²) in [4.78, 5) is 10.7. The Balaban J connectivity index is 3.39. The van der Waals surface area contributed by atoms with Gasteiger partial charge in [-0.05, 0) is 15.9 Å². The van der Waals surface area contributed by atoms with Gasteiger partial charge in [0, 0.05) is 6.08 Å². The van der Waals surface area contributed by atoms with Crippen LogP contribution in [0.25, 0.3) is 0 Å². The fourth-order valence-electron chi connectivity index (χ4n) is 0.817. The number of benzene rings is 1. The minimum atomic E-state index is -1.80. The highest BCUT2D eigenvalue weighted by molar-refractivity contribution is 9.10. The van der Waals surface area contributed by atoms with Crippen molar-refractivity contribution >= 4 is 21.9 Å². The number of carbonyl (C=O) groups is 1. The molecule has 0 aliphatic rings. The zero-order valence-electron chi connectivity index (χ0n) is 7.49. The van der Waals surface area contributed by atoms with Crippen molar-refractivity contribution in [3.05, 3.63) is 40.4 Å². The van der Waals surface area contributed by atoms with E-state index in [2.05, 4.69) is 27.2 Å². The maximum atomic E-state index is 13.1. The molecular weight excluding hydrogens is 296 g/mol. The van der Waals surface area contributed by atoms with E-state index in [9.17, 15) is 22.4 Å². The minimum Gasteiger partial charge on any atom is -0.417 e. The number of hydrogen-bond acceptors (Lipinski definition) is 2. The Hall–Kier alpha value is -1.37. The van der Waals surface area contributed by atoms with Gasteiger partial charge in [0.05, 0.1) is 4.47 Å². The second-order valence-corrected chi connectivity index (χ2v) is 3.32. The number of esters is 1. The average Bonchev–Trinajstić information content (AvgIpc) is 2.29. The topological polar surface area (TPSA) is 26.3 Å². The van der Waals surface area contributed by atoms with Gasteiger partial charge in [-0.25, -0.2) is 13.6 Å². The van der Waals surface area contributed by atoms with E-state index in [1.54, 1.807) is 0 Å². The Kier molecular flexibility index (Phi) is 3.69. The molecule has 0 aliphatic heterocycles. The molecule has 0 saturated heterocycles. The predicted octanol–water partition coefficient (Wildman–Crippen LogP) is 3.10. The lowest BCUT2D eigenvalue weighted by molar-refractivity contribution is -0.129. The van der Waals surface area contributed by atoms with Crippen LogP contribution in [0.15, 0.2) is 17.1 Å². The fourth-order valence-corrected chi connectivity index (χ4v) is 1.16. The normalized spacial score (nSPS) is 10.1. The van der Waals surface area contributed by atoms with Gasteiger partial charge in [-0.1, -0.05) is 6.58 Å². The highest BCUT2D eigenvalue weighted by Gasteiger charge is 2.26. The molecule has 0 N–H and O–H groups in total. The molecule has 1 rings (SSSR count). The van der Waals surface area contributed by atoms with Crippen LogP contribution in [-0.2, 0) is 4.79 Å². The Morgan fingerprint density at radius 3 is 1.94 bits per heavy atom. The number of ether oxygens (including phenoxy) is 1. The summed E-state index contributed by atoms with van der Waals surface area (Å²) in [5.74, 6) is -9.67. The molecule has 2 nitrogen and oxygen atoms in total. The first kappa shape index (κ1) is 12.7. The summed E-state index contributed by atoms with van der Waals surface area (Å²) in [5, 5.41) is 0. The molecule has 7 heteroatoms. The van der Waals surface area contributed by atoms with Crippen molar-refractivity contribution in [1.82, 2.24) is 0 Å². The molecule has 16 heavy (non-hydrogen) atoms. The average molecular weight is 299 g/mol. The van der Waals surface area contributed by atoms with Crippen molar-refractivity contribution in [2.75, 3.05) is 0 Å². The van der Waals surface area contributed by atoms with E-state index in [-0.39, 0.29) is 0 Å². The van der Waals surface area contributed by atoms with Crippen LogP contribution in [0.4, 0.5) is 17.6 Å². The standard InChI is InChI=1S/C9H3BrF4O2/c1-2-3(15)16-9-7(13)5(11)4(10)6(12)8(9)14/h2H,1H2. The van der Waals surface area contributed by atoms with Gasteiger partial charge in [-0.2, -0.15) is 8.78 Å². The van der Waals surface area contributed by atoms with Crippen LogP contribution in [0.2, 0.25) is 0 Å². The van der Waals surface area contributed by atoms with Crippen LogP contribution < -0.4 is 4.74 Å². The molecule has 0 radical (unpaired) electrons. The molecule has 0 aliphatic carbocycles. The third-order valence-corrected chi connectivity index (χ3v) is 2.24. The van der Waals surface area contributed by atoms with E-state index in [0.717, 1.165) is 0 Å². The maximum absolute atomic E-state index is 13.1. The quantitative estimate of drug-likeness (QED) is 0.209. The monoisotopic (exact) mass is 298 g/mol. The zero-order valence-corrected chi connectivity index (χ0v) is 9.08. The smallest absolute Gasteiger partial charge is 0.335 e. The summed E-state index contributed by atoms with van der Waals surface area (Å²) in [7, 11) is 0. The lowest BCUT2D eigenvalue weighted by Gasteiger charge is -2.07. The molecule has 0 fully saturated rings. The third-order valence-electron chi connectivity index (χ3n) is 1.54. The van der Waals surface area contributed by atoms with Crippen LogP contribution in [-0.4, -0.2) is 5.97 Å². The molecule has 1 aromatic carbocycles. The van der Waals surface area contributed by atoms with Crippen molar-refractivity contribution < 1.29 is 27.1 Å². The zero-order chi connectivity index (χ0) is 12.5. The molecule has 0 saturated carbocycles. The van der Waals surface area contributed by atoms with Gasteiger partial charge in [0.1, 0.15) is 0 Å². The SMILES string of the molecule is C=CC(=O)Oc1c(F)c(F)c(Br)c(F)c1F. The van der Waals surface area contributed by atoms with Gasteiger partial charge < -0.3 is 4.74 Å².